The van der Waals surface area contributed by atoms with Crippen molar-refractivity contribution in [3.63, 3.8) is 0 Å². The molecule has 0 spiro atoms. The van der Waals surface area contributed by atoms with E-state index in [4.69, 9.17) is 5.11 Å². The van der Waals surface area contributed by atoms with Crippen molar-refractivity contribution in [2.75, 3.05) is 19.7 Å². The van der Waals surface area contributed by atoms with Crippen LogP contribution in [0.1, 0.15) is 30.7 Å². The highest BCUT2D eigenvalue weighted by atomic mass is 32.1. The Morgan fingerprint density at radius 3 is 3.19 bits per heavy atom. The van der Waals surface area contributed by atoms with Crippen LogP contribution in [-0.4, -0.2) is 39.1 Å². The second-order valence-corrected chi connectivity index (χ2v) is 6.67. The minimum atomic E-state index is 0.0117. The first-order valence-corrected chi connectivity index (χ1v) is 8.35. The molecule has 1 aliphatic rings. The SMILES string of the molecule is Cc1csc2nc(CN3CCCC(CCO)C3)cc(=O)n12. The fourth-order valence-electron chi connectivity index (χ4n) is 3.12. The predicted octanol–water partition coefficient (Wildman–Crippen LogP) is 1.66. The molecule has 1 fully saturated rings. The maximum atomic E-state index is 12.2. The largest absolute Gasteiger partial charge is 0.396 e. The van der Waals surface area contributed by atoms with Gasteiger partial charge in [-0.25, -0.2) is 4.98 Å². The fraction of sp³-hybridized carbons (Fsp3) is 0.600. The Labute approximate surface area is 127 Å². The van der Waals surface area contributed by atoms with E-state index in [1.807, 2.05) is 12.3 Å². The molecule has 1 saturated heterocycles. The summed E-state index contributed by atoms with van der Waals surface area (Å²) < 4.78 is 1.67. The van der Waals surface area contributed by atoms with Gasteiger partial charge in [-0.2, -0.15) is 0 Å². The van der Waals surface area contributed by atoms with Gasteiger partial charge in [0.25, 0.3) is 5.56 Å². The molecule has 114 valence electrons. The highest BCUT2D eigenvalue weighted by Crippen LogP contribution is 2.20. The summed E-state index contributed by atoms with van der Waals surface area (Å²) in [6, 6.07) is 1.66. The van der Waals surface area contributed by atoms with Crippen molar-refractivity contribution in [2.45, 2.75) is 32.7 Å². The summed E-state index contributed by atoms with van der Waals surface area (Å²) >= 11 is 1.51. The summed E-state index contributed by atoms with van der Waals surface area (Å²) in [5.74, 6) is 0.567. The number of piperidine rings is 1. The number of likely N-dealkylation sites (tertiary alicyclic amines) is 1. The molecule has 1 N–H and O–H groups in total. The van der Waals surface area contributed by atoms with Crippen molar-refractivity contribution >= 4 is 16.3 Å². The zero-order chi connectivity index (χ0) is 14.8. The Balaban J connectivity index is 1.77. The molecule has 2 aromatic heterocycles. The monoisotopic (exact) mass is 307 g/mol. The lowest BCUT2D eigenvalue weighted by molar-refractivity contribution is 0.141. The second-order valence-electron chi connectivity index (χ2n) is 5.84. The van der Waals surface area contributed by atoms with Gasteiger partial charge in [0.1, 0.15) is 0 Å². The van der Waals surface area contributed by atoms with Gasteiger partial charge in [-0.05, 0) is 38.6 Å². The first kappa shape index (κ1) is 14.7. The third-order valence-electron chi connectivity index (χ3n) is 4.15. The Kier molecular flexibility index (Phi) is 4.37. The molecule has 0 saturated carbocycles. The van der Waals surface area contributed by atoms with E-state index in [-0.39, 0.29) is 12.2 Å². The Morgan fingerprint density at radius 2 is 2.38 bits per heavy atom. The van der Waals surface area contributed by atoms with Crippen LogP contribution < -0.4 is 5.56 Å². The molecule has 0 aromatic carbocycles. The van der Waals surface area contributed by atoms with Crippen LogP contribution in [0.2, 0.25) is 0 Å². The molecular formula is C15H21N3O2S. The van der Waals surface area contributed by atoms with Crippen LogP contribution in [-0.2, 0) is 6.54 Å². The third kappa shape index (κ3) is 3.17. The van der Waals surface area contributed by atoms with Crippen LogP contribution in [0.3, 0.4) is 0 Å². The summed E-state index contributed by atoms with van der Waals surface area (Å²) in [7, 11) is 0. The number of aliphatic hydroxyl groups excluding tert-OH is 1. The number of fused-ring (bicyclic) bond motifs is 1. The average molecular weight is 307 g/mol. The summed E-state index contributed by atoms with van der Waals surface area (Å²) in [6.07, 6.45) is 3.22. The standard InChI is InChI=1S/C15H21N3O2S/c1-11-10-21-15-16-13(7-14(20)18(11)15)9-17-5-2-3-12(8-17)4-6-19/h7,10,12,19H,2-6,8-9H2,1H3. The van der Waals surface area contributed by atoms with E-state index in [0.29, 0.717) is 5.92 Å². The molecule has 6 heteroatoms. The van der Waals surface area contributed by atoms with Crippen molar-refractivity contribution in [3.05, 3.63) is 33.2 Å². The summed E-state index contributed by atoms with van der Waals surface area (Å²) in [5, 5.41) is 11.0. The highest BCUT2D eigenvalue weighted by Gasteiger charge is 2.20. The third-order valence-corrected chi connectivity index (χ3v) is 5.10. The van der Waals surface area contributed by atoms with E-state index < -0.39 is 0 Å². The maximum Gasteiger partial charge on any atom is 0.259 e. The Morgan fingerprint density at radius 1 is 1.52 bits per heavy atom. The van der Waals surface area contributed by atoms with Gasteiger partial charge in [-0.15, -0.1) is 11.3 Å². The van der Waals surface area contributed by atoms with Crippen LogP contribution in [0.25, 0.3) is 4.96 Å². The number of hydrogen-bond acceptors (Lipinski definition) is 5. The average Bonchev–Trinajstić information content (AvgIpc) is 2.81. The van der Waals surface area contributed by atoms with Crippen LogP contribution in [0, 0.1) is 12.8 Å². The molecule has 1 unspecified atom stereocenters. The predicted molar refractivity (Wildman–Crippen MR) is 83.8 cm³/mol. The molecule has 21 heavy (non-hydrogen) atoms. The molecule has 2 aromatic rings. The molecule has 0 amide bonds. The van der Waals surface area contributed by atoms with Gasteiger partial charge in [0.15, 0.2) is 4.96 Å². The summed E-state index contributed by atoms with van der Waals surface area (Å²) in [6.45, 7) is 4.96. The van der Waals surface area contributed by atoms with Gasteiger partial charge >= 0.3 is 0 Å². The number of rotatable bonds is 4. The minimum absolute atomic E-state index is 0.0117. The highest BCUT2D eigenvalue weighted by molar-refractivity contribution is 7.15. The Bertz CT molecular complexity index is 677. The van der Waals surface area contributed by atoms with Crippen molar-refractivity contribution in [2.24, 2.45) is 5.92 Å². The van der Waals surface area contributed by atoms with Crippen molar-refractivity contribution in [1.82, 2.24) is 14.3 Å². The molecule has 0 bridgehead atoms. The van der Waals surface area contributed by atoms with Crippen molar-refractivity contribution in [1.29, 1.82) is 0 Å². The van der Waals surface area contributed by atoms with Crippen molar-refractivity contribution in [3.8, 4) is 0 Å². The molecule has 5 nitrogen and oxygen atoms in total. The van der Waals surface area contributed by atoms with Gasteiger partial charge in [0, 0.05) is 36.8 Å². The molecule has 3 rings (SSSR count). The van der Waals surface area contributed by atoms with Gasteiger partial charge in [0.05, 0.1) is 5.69 Å². The number of nitrogens with zero attached hydrogens (tertiary/aromatic N) is 3. The van der Waals surface area contributed by atoms with Gasteiger partial charge in [0.2, 0.25) is 0 Å². The van der Waals surface area contributed by atoms with Crippen LogP contribution in [0.5, 0.6) is 0 Å². The van der Waals surface area contributed by atoms with Gasteiger partial charge in [-0.1, -0.05) is 0 Å². The fourth-order valence-corrected chi connectivity index (χ4v) is 4.01. The van der Waals surface area contributed by atoms with E-state index in [0.717, 1.165) is 48.8 Å². The lowest BCUT2D eigenvalue weighted by atomic mass is 9.95. The maximum absolute atomic E-state index is 12.2. The lowest BCUT2D eigenvalue weighted by Gasteiger charge is -2.32. The van der Waals surface area contributed by atoms with Crippen LogP contribution in [0.15, 0.2) is 16.2 Å². The summed E-state index contributed by atoms with van der Waals surface area (Å²) in [5.41, 5.74) is 1.81. The molecular weight excluding hydrogens is 286 g/mol. The van der Waals surface area contributed by atoms with E-state index in [1.54, 1.807) is 10.5 Å². The first-order valence-electron chi connectivity index (χ1n) is 7.47. The molecule has 1 atom stereocenters. The number of aromatic nitrogens is 2. The normalized spacial score (nSPS) is 20.2. The van der Waals surface area contributed by atoms with Gasteiger partial charge in [-0.3, -0.25) is 14.1 Å². The summed E-state index contributed by atoms with van der Waals surface area (Å²) in [4.78, 5) is 19.9. The molecule has 0 aliphatic carbocycles. The lowest BCUT2D eigenvalue weighted by Crippen LogP contribution is -2.35. The number of hydrogen-bond donors (Lipinski definition) is 1. The topological polar surface area (TPSA) is 57.8 Å². The van der Waals surface area contributed by atoms with E-state index in [9.17, 15) is 4.79 Å². The van der Waals surface area contributed by atoms with Gasteiger partial charge < -0.3 is 5.11 Å². The number of aliphatic hydroxyl groups is 1. The molecule has 3 heterocycles. The minimum Gasteiger partial charge on any atom is -0.396 e. The molecule has 1 aliphatic heterocycles. The van der Waals surface area contributed by atoms with E-state index in [2.05, 4.69) is 9.88 Å². The first-order chi connectivity index (χ1) is 10.2. The second kappa shape index (κ2) is 6.25. The number of aryl methyl sites for hydroxylation is 1. The Hall–Kier alpha value is -1.24. The smallest absolute Gasteiger partial charge is 0.259 e. The van der Waals surface area contributed by atoms with E-state index >= 15 is 0 Å². The quantitative estimate of drug-likeness (QED) is 0.933. The van der Waals surface area contributed by atoms with E-state index in [1.165, 1.54) is 17.8 Å². The van der Waals surface area contributed by atoms with Crippen molar-refractivity contribution < 1.29 is 5.11 Å². The number of thiazole rings is 1. The zero-order valence-corrected chi connectivity index (χ0v) is 13.1. The van der Waals surface area contributed by atoms with Crippen LogP contribution in [0.4, 0.5) is 0 Å². The zero-order valence-electron chi connectivity index (χ0n) is 12.3. The molecule has 0 radical (unpaired) electrons. The van der Waals surface area contributed by atoms with Crippen LogP contribution >= 0.6 is 11.3 Å².